The maximum atomic E-state index is 8.58. The van der Waals surface area contributed by atoms with Crippen molar-refractivity contribution in [2.24, 2.45) is 5.92 Å². The van der Waals surface area contributed by atoms with Crippen LogP contribution in [0.1, 0.15) is 26.2 Å². The Kier molecular flexibility index (Phi) is 2.70. The fourth-order valence-corrected chi connectivity index (χ4v) is 1.31. The highest BCUT2D eigenvalue weighted by Gasteiger charge is 2.19. The van der Waals surface area contributed by atoms with Crippen molar-refractivity contribution in [3.63, 3.8) is 0 Å². The molecule has 1 heterocycles. The van der Waals surface area contributed by atoms with Gasteiger partial charge in [-0.25, -0.2) is 5.32 Å². The molecule has 1 radical (unpaired) electrons. The van der Waals surface area contributed by atoms with E-state index in [9.17, 15) is 0 Å². The van der Waals surface area contributed by atoms with Crippen LogP contribution in [0.5, 0.6) is 0 Å². The first-order valence-corrected chi connectivity index (χ1v) is 3.91. The van der Waals surface area contributed by atoms with E-state index in [1.165, 1.54) is 12.8 Å². The van der Waals surface area contributed by atoms with Gasteiger partial charge in [-0.3, -0.25) is 0 Å². The standard InChI is InChI=1S/C8H13N2/c1-7(6-9)8-4-2-3-5-10-8/h7-8H,2-5H2,1H3. The molecule has 2 heteroatoms. The van der Waals surface area contributed by atoms with E-state index < -0.39 is 0 Å². The Morgan fingerprint density at radius 2 is 2.40 bits per heavy atom. The van der Waals surface area contributed by atoms with Gasteiger partial charge in [0.15, 0.2) is 0 Å². The molecule has 0 amide bonds. The average molecular weight is 137 g/mol. The number of nitrogens with zero attached hydrogens (tertiary/aromatic N) is 2. The summed E-state index contributed by atoms with van der Waals surface area (Å²) in [6.45, 7) is 2.93. The van der Waals surface area contributed by atoms with Crippen LogP contribution >= 0.6 is 0 Å². The van der Waals surface area contributed by atoms with Crippen LogP contribution in [0.4, 0.5) is 0 Å². The zero-order valence-electron chi connectivity index (χ0n) is 6.38. The van der Waals surface area contributed by atoms with Gasteiger partial charge in [0.1, 0.15) is 0 Å². The van der Waals surface area contributed by atoms with Crippen LogP contribution < -0.4 is 5.32 Å². The molecule has 1 aliphatic rings. The summed E-state index contributed by atoms with van der Waals surface area (Å²) in [7, 11) is 0. The lowest BCUT2D eigenvalue weighted by Gasteiger charge is -2.22. The minimum Gasteiger partial charge on any atom is -0.237 e. The molecular weight excluding hydrogens is 124 g/mol. The normalized spacial score (nSPS) is 29.0. The van der Waals surface area contributed by atoms with Crippen molar-refractivity contribution in [2.75, 3.05) is 6.54 Å². The fraction of sp³-hybridized carbons (Fsp3) is 0.875. The summed E-state index contributed by atoms with van der Waals surface area (Å²) in [5.74, 6) is 0.125. The van der Waals surface area contributed by atoms with Crippen LogP contribution in [-0.2, 0) is 0 Å². The molecule has 1 aliphatic heterocycles. The van der Waals surface area contributed by atoms with Crippen molar-refractivity contribution >= 4 is 0 Å². The molecule has 0 N–H and O–H groups in total. The number of hydrogen-bond acceptors (Lipinski definition) is 1. The van der Waals surface area contributed by atoms with Gasteiger partial charge >= 0.3 is 0 Å². The molecule has 0 bridgehead atoms. The molecule has 10 heavy (non-hydrogen) atoms. The lowest BCUT2D eigenvalue weighted by atomic mass is 9.95. The Morgan fingerprint density at radius 3 is 2.90 bits per heavy atom. The van der Waals surface area contributed by atoms with Crippen LogP contribution in [0.25, 0.3) is 0 Å². The molecule has 0 aromatic heterocycles. The summed E-state index contributed by atoms with van der Waals surface area (Å²) in [6.07, 6.45) is 3.59. The van der Waals surface area contributed by atoms with E-state index in [0.29, 0.717) is 6.04 Å². The Hall–Kier alpha value is -0.550. The van der Waals surface area contributed by atoms with Gasteiger partial charge in [-0.1, -0.05) is 6.42 Å². The van der Waals surface area contributed by atoms with Gasteiger partial charge in [0, 0.05) is 12.6 Å². The van der Waals surface area contributed by atoms with Gasteiger partial charge in [-0.05, 0) is 19.8 Å². The van der Waals surface area contributed by atoms with Crippen molar-refractivity contribution < 1.29 is 0 Å². The van der Waals surface area contributed by atoms with Crippen molar-refractivity contribution in [1.29, 1.82) is 5.26 Å². The molecule has 2 atom stereocenters. The third kappa shape index (κ3) is 1.71. The first kappa shape index (κ1) is 7.56. The lowest BCUT2D eigenvalue weighted by molar-refractivity contribution is 0.343. The smallest absolute Gasteiger partial charge is 0.0669 e. The minimum absolute atomic E-state index is 0.125. The number of piperidine rings is 1. The van der Waals surface area contributed by atoms with E-state index in [0.717, 1.165) is 13.0 Å². The van der Waals surface area contributed by atoms with Crippen molar-refractivity contribution in [3.05, 3.63) is 0 Å². The molecule has 0 aliphatic carbocycles. The summed E-state index contributed by atoms with van der Waals surface area (Å²) in [4.78, 5) is 0. The van der Waals surface area contributed by atoms with Crippen molar-refractivity contribution in [1.82, 2.24) is 5.32 Å². The van der Waals surface area contributed by atoms with E-state index in [1.807, 2.05) is 6.92 Å². The van der Waals surface area contributed by atoms with E-state index in [-0.39, 0.29) is 5.92 Å². The molecule has 0 spiro atoms. The summed E-state index contributed by atoms with van der Waals surface area (Å²) >= 11 is 0. The molecule has 55 valence electrons. The summed E-state index contributed by atoms with van der Waals surface area (Å²) in [5.41, 5.74) is 0. The van der Waals surface area contributed by atoms with Crippen LogP contribution in [0.2, 0.25) is 0 Å². The second-order valence-electron chi connectivity index (χ2n) is 2.89. The zero-order valence-corrected chi connectivity index (χ0v) is 6.38. The molecule has 0 aromatic rings. The number of nitriles is 1. The highest BCUT2D eigenvalue weighted by atomic mass is 14.9. The number of hydrogen-bond donors (Lipinski definition) is 0. The third-order valence-corrected chi connectivity index (χ3v) is 2.05. The quantitative estimate of drug-likeness (QED) is 0.536. The Balaban J connectivity index is 2.33. The zero-order chi connectivity index (χ0) is 7.40. The summed E-state index contributed by atoms with van der Waals surface area (Å²) in [6, 6.07) is 2.57. The van der Waals surface area contributed by atoms with Gasteiger partial charge < -0.3 is 0 Å². The second-order valence-corrected chi connectivity index (χ2v) is 2.89. The van der Waals surface area contributed by atoms with Crippen LogP contribution in [0.15, 0.2) is 0 Å². The van der Waals surface area contributed by atoms with Crippen molar-refractivity contribution in [3.8, 4) is 6.07 Å². The fourth-order valence-electron chi connectivity index (χ4n) is 1.31. The molecular formula is C8H13N2. The molecule has 1 fully saturated rings. The van der Waals surface area contributed by atoms with Gasteiger partial charge in [-0.15, -0.1) is 0 Å². The average Bonchev–Trinajstić information content (AvgIpc) is 2.05. The first-order valence-electron chi connectivity index (χ1n) is 3.91. The maximum Gasteiger partial charge on any atom is 0.0669 e. The van der Waals surface area contributed by atoms with Gasteiger partial charge in [0.2, 0.25) is 0 Å². The maximum absolute atomic E-state index is 8.58. The van der Waals surface area contributed by atoms with E-state index >= 15 is 0 Å². The summed E-state index contributed by atoms with van der Waals surface area (Å²) < 4.78 is 0. The van der Waals surface area contributed by atoms with E-state index in [4.69, 9.17) is 5.26 Å². The predicted molar refractivity (Wildman–Crippen MR) is 39.4 cm³/mol. The van der Waals surface area contributed by atoms with Gasteiger partial charge in [0.05, 0.1) is 12.0 Å². The van der Waals surface area contributed by atoms with Crippen LogP contribution in [0.3, 0.4) is 0 Å². The van der Waals surface area contributed by atoms with E-state index in [1.54, 1.807) is 0 Å². The third-order valence-electron chi connectivity index (χ3n) is 2.05. The minimum atomic E-state index is 0.125. The van der Waals surface area contributed by atoms with E-state index in [2.05, 4.69) is 11.4 Å². The van der Waals surface area contributed by atoms with Crippen LogP contribution in [0, 0.1) is 17.2 Å². The number of rotatable bonds is 1. The molecule has 2 nitrogen and oxygen atoms in total. The monoisotopic (exact) mass is 137 g/mol. The van der Waals surface area contributed by atoms with Gasteiger partial charge in [-0.2, -0.15) is 5.26 Å². The Labute approximate surface area is 62.2 Å². The summed E-state index contributed by atoms with van der Waals surface area (Å²) in [5, 5.41) is 13.0. The Morgan fingerprint density at radius 1 is 1.60 bits per heavy atom. The Bertz CT molecular complexity index is 131. The molecule has 0 aromatic carbocycles. The van der Waals surface area contributed by atoms with Crippen molar-refractivity contribution in [2.45, 2.75) is 32.2 Å². The predicted octanol–water partition coefficient (Wildman–Crippen LogP) is 1.30. The molecule has 0 saturated carbocycles. The van der Waals surface area contributed by atoms with Gasteiger partial charge in [0.25, 0.3) is 0 Å². The highest BCUT2D eigenvalue weighted by molar-refractivity contribution is 4.90. The highest BCUT2D eigenvalue weighted by Crippen LogP contribution is 2.15. The molecule has 2 unspecified atom stereocenters. The largest absolute Gasteiger partial charge is 0.237 e. The molecule has 1 saturated heterocycles. The SMILES string of the molecule is CC(C#N)C1CCCC[N]1. The second kappa shape index (κ2) is 3.58. The first-order chi connectivity index (χ1) is 4.84. The lowest BCUT2D eigenvalue weighted by Crippen LogP contribution is -2.32. The van der Waals surface area contributed by atoms with Crippen LogP contribution in [-0.4, -0.2) is 12.6 Å². The topological polar surface area (TPSA) is 37.9 Å². The molecule has 1 rings (SSSR count).